The Kier molecular flexibility index (Phi) is 6.11. The van der Waals surface area contributed by atoms with Crippen LogP contribution in [0.2, 0.25) is 5.02 Å². The maximum atomic E-state index is 12.5. The van der Waals surface area contributed by atoms with Gasteiger partial charge in [-0.1, -0.05) is 23.7 Å². The zero-order valence-corrected chi connectivity index (χ0v) is 12.8. The number of amides is 1. The van der Waals surface area contributed by atoms with Crippen LogP contribution in [-0.2, 0) is 4.79 Å². The molecule has 2 atom stereocenters. The van der Waals surface area contributed by atoms with Gasteiger partial charge in [-0.2, -0.15) is 0 Å². The van der Waals surface area contributed by atoms with Gasteiger partial charge in [-0.3, -0.25) is 4.79 Å². The standard InChI is InChI=1S/C14H19ClN2O.ClH/c1-10-9-16-6-7-17(10)14(18)11(2)12-4-3-5-13(15)8-12;/h3-5,8,10-11,16H,6-7,9H2,1-2H3;1H/t10-,11?;/m0./s1. The smallest absolute Gasteiger partial charge is 0.230 e. The third-order valence-corrected chi connectivity index (χ3v) is 3.74. The van der Waals surface area contributed by atoms with Gasteiger partial charge >= 0.3 is 0 Å². The summed E-state index contributed by atoms with van der Waals surface area (Å²) in [7, 11) is 0. The Morgan fingerprint density at radius 2 is 2.26 bits per heavy atom. The van der Waals surface area contributed by atoms with Gasteiger partial charge in [-0.25, -0.2) is 0 Å². The maximum Gasteiger partial charge on any atom is 0.230 e. The van der Waals surface area contributed by atoms with Gasteiger partial charge in [0.15, 0.2) is 0 Å². The molecule has 1 amide bonds. The Morgan fingerprint density at radius 3 is 2.89 bits per heavy atom. The molecule has 0 saturated carbocycles. The van der Waals surface area contributed by atoms with Crippen molar-refractivity contribution in [3.63, 3.8) is 0 Å². The van der Waals surface area contributed by atoms with Crippen molar-refractivity contribution in [3.05, 3.63) is 34.9 Å². The van der Waals surface area contributed by atoms with E-state index >= 15 is 0 Å². The van der Waals surface area contributed by atoms with Gasteiger partial charge in [-0.15, -0.1) is 12.4 Å². The van der Waals surface area contributed by atoms with Crippen LogP contribution in [0.25, 0.3) is 0 Å². The summed E-state index contributed by atoms with van der Waals surface area (Å²) in [6.07, 6.45) is 0. The summed E-state index contributed by atoms with van der Waals surface area (Å²) in [5, 5.41) is 3.97. The molecule has 1 aromatic carbocycles. The molecule has 0 aromatic heterocycles. The van der Waals surface area contributed by atoms with E-state index in [1.165, 1.54) is 0 Å². The highest BCUT2D eigenvalue weighted by Gasteiger charge is 2.27. The van der Waals surface area contributed by atoms with Crippen LogP contribution in [0, 0.1) is 0 Å². The van der Waals surface area contributed by atoms with Gasteiger partial charge < -0.3 is 10.2 Å². The molecule has 106 valence electrons. The summed E-state index contributed by atoms with van der Waals surface area (Å²) in [6.45, 7) is 6.55. The number of hydrogen-bond donors (Lipinski definition) is 1. The Labute approximate surface area is 125 Å². The molecule has 1 fully saturated rings. The van der Waals surface area contributed by atoms with Gasteiger partial charge in [0.25, 0.3) is 0 Å². The molecule has 3 nitrogen and oxygen atoms in total. The number of carbonyl (C=O) groups is 1. The fourth-order valence-electron chi connectivity index (χ4n) is 2.34. The molecular formula is C14H20Cl2N2O. The summed E-state index contributed by atoms with van der Waals surface area (Å²) in [5.74, 6) is 0.0514. The van der Waals surface area contributed by atoms with E-state index in [0.717, 1.165) is 25.2 Å². The van der Waals surface area contributed by atoms with Crippen LogP contribution in [-0.4, -0.2) is 36.5 Å². The molecule has 2 rings (SSSR count). The van der Waals surface area contributed by atoms with E-state index in [0.29, 0.717) is 5.02 Å². The van der Waals surface area contributed by atoms with Gasteiger partial charge in [0.2, 0.25) is 5.91 Å². The van der Waals surface area contributed by atoms with E-state index in [-0.39, 0.29) is 30.3 Å². The van der Waals surface area contributed by atoms with E-state index < -0.39 is 0 Å². The van der Waals surface area contributed by atoms with Crippen LogP contribution < -0.4 is 5.32 Å². The zero-order valence-electron chi connectivity index (χ0n) is 11.2. The predicted octanol–water partition coefficient (Wildman–Crippen LogP) is 2.69. The van der Waals surface area contributed by atoms with Crippen molar-refractivity contribution in [1.29, 1.82) is 0 Å². The van der Waals surface area contributed by atoms with Crippen molar-refractivity contribution in [2.24, 2.45) is 0 Å². The van der Waals surface area contributed by atoms with Gasteiger partial charge in [0.1, 0.15) is 0 Å². The number of hydrogen-bond acceptors (Lipinski definition) is 2. The Morgan fingerprint density at radius 1 is 1.53 bits per heavy atom. The Bertz CT molecular complexity index is 439. The van der Waals surface area contributed by atoms with Crippen molar-refractivity contribution in [1.82, 2.24) is 10.2 Å². The average Bonchev–Trinajstić information content (AvgIpc) is 2.37. The van der Waals surface area contributed by atoms with Gasteiger partial charge in [-0.05, 0) is 31.5 Å². The summed E-state index contributed by atoms with van der Waals surface area (Å²) < 4.78 is 0. The molecule has 1 saturated heterocycles. The zero-order chi connectivity index (χ0) is 13.1. The summed E-state index contributed by atoms with van der Waals surface area (Å²) in [5.41, 5.74) is 0.984. The number of rotatable bonds is 2. The number of piperazine rings is 1. The van der Waals surface area contributed by atoms with Crippen molar-refractivity contribution < 1.29 is 4.79 Å². The van der Waals surface area contributed by atoms with Crippen molar-refractivity contribution in [3.8, 4) is 0 Å². The van der Waals surface area contributed by atoms with E-state index in [9.17, 15) is 4.79 Å². The highest BCUT2D eigenvalue weighted by Crippen LogP contribution is 2.22. The summed E-state index contributed by atoms with van der Waals surface area (Å²) in [6, 6.07) is 7.81. The molecule has 0 spiro atoms. The quantitative estimate of drug-likeness (QED) is 0.911. The highest BCUT2D eigenvalue weighted by atomic mass is 35.5. The van der Waals surface area contributed by atoms with Crippen LogP contribution in [0.1, 0.15) is 25.3 Å². The van der Waals surface area contributed by atoms with E-state index in [1.54, 1.807) is 0 Å². The summed E-state index contributed by atoms with van der Waals surface area (Å²) >= 11 is 5.97. The molecule has 5 heteroatoms. The molecule has 1 heterocycles. The lowest BCUT2D eigenvalue weighted by atomic mass is 9.98. The normalized spacial score (nSPS) is 20.6. The molecule has 1 aromatic rings. The molecule has 1 N–H and O–H groups in total. The Hall–Kier alpha value is -0.770. The first kappa shape index (κ1) is 16.3. The minimum Gasteiger partial charge on any atom is -0.337 e. The van der Waals surface area contributed by atoms with Gasteiger partial charge in [0, 0.05) is 30.7 Å². The lowest BCUT2D eigenvalue weighted by Crippen LogP contribution is -2.53. The second kappa shape index (κ2) is 7.13. The fraction of sp³-hybridized carbons (Fsp3) is 0.500. The van der Waals surface area contributed by atoms with E-state index in [1.807, 2.05) is 36.1 Å². The second-order valence-corrected chi connectivity index (χ2v) is 5.30. The lowest BCUT2D eigenvalue weighted by molar-refractivity contribution is -0.135. The monoisotopic (exact) mass is 302 g/mol. The average molecular weight is 303 g/mol. The van der Waals surface area contributed by atoms with Crippen molar-refractivity contribution >= 4 is 29.9 Å². The minimum absolute atomic E-state index is 0. The molecule has 0 radical (unpaired) electrons. The first-order valence-electron chi connectivity index (χ1n) is 6.36. The van der Waals surface area contributed by atoms with Crippen LogP contribution in [0.5, 0.6) is 0 Å². The number of nitrogens with zero attached hydrogens (tertiary/aromatic N) is 1. The number of carbonyl (C=O) groups excluding carboxylic acids is 1. The second-order valence-electron chi connectivity index (χ2n) is 4.86. The molecule has 0 aliphatic carbocycles. The lowest BCUT2D eigenvalue weighted by Gasteiger charge is -2.35. The first-order chi connectivity index (χ1) is 8.59. The maximum absolute atomic E-state index is 12.5. The predicted molar refractivity (Wildman–Crippen MR) is 81.2 cm³/mol. The van der Waals surface area contributed by atoms with Crippen molar-refractivity contribution in [2.75, 3.05) is 19.6 Å². The van der Waals surface area contributed by atoms with Crippen LogP contribution >= 0.6 is 24.0 Å². The molecule has 1 aliphatic rings. The summed E-state index contributed by atoms with van der Waals surface area (Å²) in [4.78, 5) is 14.4. The SMILES string of the molecule is CC(C(=O)N1CCNC[C@@H]1C)c1cccc(Cl)c1.Cl. The fourth-order valence-corrected chi connectivity index (χ4v) is 2.53. The Balaban J connectivity index is 0.00000180. The molecule has 1 aliphatic heterocycles. The topological polar surface area (TPSA) is 32.3 Å². The highest BCUT2D eigenvalue weighted by molar-refractivity contribution is 6.30. The largest absolute Gasteiger partial charge is 0.337 e. The van der Waals surface area contributed by atoms with Gasteiger partial charge in [0.05, 0.1) is 5.92 Å². The van der Waals surface area contributed by atoms with E-state index in [2.05, 4.69) is 12.2 Å². The third kappa shape index (κ3) is 3.85. The van der Waals surface area contributed by atoms with E-state index in [4.69, 9.17) is 11.6 Å². The van der Waals surface area contributed by atoms with Crippen LogP contribution in [0.3, 0.4) is 0 Å². The third-order valence-electron chi connectivity index (χ3n) is 3.50. The van der Waals surface area contributed by atoms with Crippen LogP contribution in [0.4, 0.5) is 0 Å². The number of halogens is 2. The number of benzene rings is 1. The number of nitrogens with one attached hydrogen (secondary N) is 1. The molecule has 1 unspecified atom stereocenters. The van der Waals surface area contributed by atoms with Crippen molar-refractivity contribution in [2.45, 2.75) is 25.8 Å². The first-order valence-corrected chi connectivity index (χ1v) is 6.74. The minimum atomic E-state index is -0.135. The molecule has 0 bridgehead atoms. The van der Waals surface area contributed by atoms with Crippen LogP contribution in [0.15, 0.2) is 24.3 Å². The molecule has 19 heavy (non-hydrogen) atoms. The molecular weight excluding hydrogens is 283 g/mol.